The van der Waals surface area contributed by atoms with Crippen LogP contribution in [0, 0.1) is 10.1 Å². The number of nitrogens with zero attached hydrogens (tertiary/aromatic N) is 2. The maximum Gasteiger partial charge on any atom is 0.323 e. The Kier molecular flexibility index (Phi) is 4.71. The van der Waals surface area contributed by atoms with Gasteiger partial charge in [0.25, 0.3) is 5.69 Å². The number of nitro groups is 1. The number of carboxylic acids is 1. The van der Waals surface area contributed by atoms with Gasteiger partial charge in [-0.05, 0) is 11.6 Å². The average molecular weight is 296 g/mol. The summed E-state index contributed by atoms with van der Waals surface area (Å²) in [5, 5.41) is 20.1. The molecular weight excluding hydrogens is 280 g/mol. The lowest BCUT2D eigenvalue weighted by atomic mass is 10.1. The largest absolute Gasteiger partial charge is 0.496 e. The van der Waals surface area contributed by atoms with Crippen LogP contribution in [0.2, 0.25) is 0 Å². The summed E-state index contributed by atoms with van der Waals surface area (Å²) >= 11 is 0. The fraction of sp³-hybridized carbons (Fsp3) is 0.462. The molecule has 1 aromatic carbocycles. The fourth-order valence-electron chi connectivity index (χ4n) is 2.25. The van der Waals surface area contributed by atoms with Crippen molar-refractivity contribution in [3.05, 3.63) is 33.9 Å². The van der Waals surface area contributed by atoms with Gasteiger partial charge in [-0.1, -0.05) is 0 Å². The molecule has 1 N–H and O–H groups in total. The van der Waals surface area contributed by atoms with Crippen molar-refractivity contribution in [1.82, 2.24) is 4.90 Å². The van der Waals surface area contributed by atoms with E-state index in [-0.39, 0.29) is 12.3 Å². The van der Waals surface area contributed by atoms with E-state index < -0.39 is 16.9 Å². The molecule has 1 fully saturated rings. The Morgan fingerprint density at radius 2 is 2.33 bits per heavy atom. The van der Waals surface area contributed by atoms with Crippen molar-refractivity contribution in [2.24, 2.45) is 0 Å². The van der Waals surface area contributed by atoms with Crippen LogP contribution in [0.3, 0.4) is 0 Å². The number of ether oxygens (including phenoxy) is 2. The van der Waals surface area contributed by atoms with Crippen LogP contribution in [0.15, 0.2) is 18.2 Å². The summed E-state index contributed by atoms with van der Waals surface area (Å²) in [5.41, 5.74) is 0.554. The van der Waals surface area contributed by atoms with Crippen LogP contribution < -0.4 is 4.74 Å². The molecule has 0 radical (unpaired) electrons. The van der Waals surface area contributed by atoms with Crippen molar-refractivity contribution in [3.63, 3.8) is 0 Å². The predicted molar refractivity (Wildman–Crippen MR) is 72.3 cm³/mol. The molecule has 1 aliphatic rings. The Balaban J connectivity index is 2.22. The molecule has 1 unspecified atom stereocenters. The molecule has 0 aliphatic carbocycles. The number of hydrogen-bond donors (Lipinski definition) is 1. The molecule has 2 rings (SSSR count). The normalized spacial score (nSPS) is 19.2. The molecule has 114 valence electrons. The van der Waals surface area contributed by atoms with Crippen molar-refractivity contribution in [3.8, 4) is 5.75 Å². The van der Waals surface area contributed by atoms with E-state index in [1.807, 2.05) is 0 Å². The Labute approximate surface area is 121 Å². The highest BCUT2D eigenvalue weighted by molar-refractivity contribution is 5.73. The van der Waals surface area contributed by atoms with E-state index in [2.05, 4.69) is 0 Å². The number of nitro benzene ring substituents is 1. The Hall–Kier alpha value is -2.19. The van der Waals surface area contributed by atoms with Gasteiger partial charge in [0, 0.05) is 19.2 Å². The Bertz CT molecular complexity index is 547. The third-order valence-electron chi connectivity index (χ3n) is 3.31. The number of hydrogen-bond acceptors (Lipinski definition) is 6. The quantitative estimate of drug-likeness (QED) is 0.635. The first kappa shape index (κ1) is 15.2. The summed E-state index contributed by atoms with van der Waals surface area (Å²) in [6.07, 6.45) is 0. The van der Waals surface area contributed by atoms with Crippen molar-refractivity contribution >= 4 is 11.7 Å². The molecule has 1 aromatic rings. The number of non-ortho nitro benzene ring substituents is 1. The molecule has 0 bridgehead atoms. The van der Waals surface area contributed by atoms with E-state index in [9.17, 15) is 20.0 Å². The highest BCUT2D eigenvalue weighted by Gasteiger charge is 2.29. The molecule has 0 amide bonds. The minimum Gasteiger partial charge on any atom is -0.496 e. The lowest BCUT2D eigenvalue weighted by Gasteiger charge is -2.32. The molecule has 1 heterocycles. The number of carbonyl (C=O) groups is 1. The van der Waals surface area contributed by atoms with Gasteiger partial charge in [0.15, 0.2) is 0 Å². The smallest absolute Gasteiger partial charge is 0.323 e. The van der Waals surface area contributed by atoms with Crippen LogP contribution >= 0.6 is 0 Å². The molecule has 0 aromatic heterocycles. The number of benzene rings is 1. The third-order valence-corrected chi connectivity index (χ3v) is 3.31. The van der Waals surface area contributed by atoms with E-state index >= 15 is 0 Å². The first-order valence-electron chi connectivity index (χ1n) is 6.38. The second kappa shape index (κ2) is 6.51. The van der Waals surface area contributed by atoms with Crippen LogP contribution in [-0.4, -0.2) is 53.8 Å². The van der Waals surface area contributed by atoms with Crippen LogP contribution in [0.25, 0.3) is 0 Å². The lowest BCUT2D eigenvalue weighted by molar-refractivity contribution is -0.385. The van der Waals surface area contributed by atoms with Gasteiger partial charge >= 0.3 is 5.97 Å². The standard InChI is InChI=1S/C13H16N2O6/c1-20-11-5-9(4-10(6-11)15(18)19)7-14-2-3-21-8-12(14)13(16)17/h4-6,12H,2-3,7-8H2,1H3,(H,16,17). The van der Waals surface area contributed by atoms with Crippen molar-refractivity contribution in [2.45, 2.75) is 12.6 Å². The second-order valence-corrected chi connectivity index (χ2v) is 4.70. The number of morpholine rings is 1. The topological polar surface area (TPSA) is 102 Å². The summed E-state index contributed by atoms with van der Waals surface area (Å²) in [6.45, 7) is 1.30. The zero-order valence-corrected chi connectivity index (χ0v) is 11.5. The molecule has 0 saturated carbocycles. The number of aliphatic carboxylic acids is 1. The van der Waals surface area contributed by atoms with Gasteiger partial charge in [-0.3, -0.25) is 19.8 Å². The summed E-state index contributed by atoms with van der Waals surface area (Å²) in [4.78, 5) is 23.3. The van der Waals surface area contributed by atoms with Crippen LogP contribution in [0.1, 0.15) is 5.56 Å². The summed E-state index contributed by atoms with van der Waals surface area (Å²) in [5.74, 6) is -0.591. The van der Waals surface area contributed by atoms with Gasteiger partial charge in [0.2, 0.25) is 0 Å². The molecule has 1 atom stereocenters. The predicted octanol–water partition coefficient (Wildman–Crippen LogP) is 0.889. The van der Waals surface area contributed by atoms with Gasteiger partial charge in [0.05, 0.1) is 31.3 Å². The maximum atomic E-state index is 11.2. The summed E-state index contributed by atoms with van der Waals surface area (Å²) in [6, 6.07) is 3.68. The average Bonchev–Trinajstić information content (AvgIpc) is 2.47. The molecule has 21 heavy (non-hydrogen) atoms. The number of carboxylic acid groups (broad SMARTS) is 1. The van der Waals surface area contributed by atoms with E-state index in [1.54, 1.807) is 11.0 Å². The van der Waals surface area contributed by atoms with E-state index in [1.165, 1.54) is 19.2 Å². The first-order chi connectivity index (χ1) is 10.0. The fourth-order valence-corrected chi connectivity index (χ4v) is 2.25. The number of methoxy groups -OCH3 is 1. The van der Waals surface area contributed by atoms with Crippen LogP contribution in [0.4, 0.5) is 5.69 Å². The first-order valence-corrected chi connectivity index (χ1v) is 6.38. The Morgan fingerprint density at radius 1 is 1.57 bits per heavy atom. The Morgan fingerprint density at radius 3 is 2.95 bits per heavy atom. The van der Waals surface area contributed by atoms with Gasteiger partial charge < -0.3 is 14.6 Å². The zero-order chi connectivity index (χ0) is 15.4. The van der Waals surface area contributed by atoms with Crippen LogP contribution in [0.5, 0.6) is 5.75 Å². The van der Waals surface area contributed by atoms with Crippen LogP contribution in [-0.2, 0) is 16.1 Å². The molecule has 1 saturated heterocycles. The van der Waals surface area contributed by atoms with Gasteiger partial charge in [-0.2, -0.15) is 0 Å². The van der Waals surface area contributed by atoms with E-state index in [0.717, 1.165) is 0 Å². The third kappa shape index (κ3) is 3.67. The van der Waals surface area contributed by atoms with Gasteiger partial charge in [-0.25, -0.2) is 0 Å². The van der Waals surface area contributed by atoms with E-state index in [4.69, 9.17) is 9.47 Å². The summed E-state index contributed by atoms with van der Waals surface area (Å²) < 4.78 is 10.2. The highest BCUT2D eigenvalue weighted by Crippen LogP contribution is 2.24. The molecule has 1 aliphatic heterocycles. The van der Waals surface area contributed by atoms with Crippen molar-refractivity contribution in [2.75, 3.05) is 26.9 Å². The number of rotatable bonds is 5. The van der Waals surface area contributed by atoms with Gasteiger partial charge in [-0.15, -0.1) is 0 Å². The molecule has 0 spiro atoms. The van der Waals surface area contributed by atoms with E-state index in [0.29, 0.717) is 31.0 Å². The monoisotopic (exact) mass is 296 g/mol. The molecule has 8 nitrogen and oxygen atoms in total. The maximum absolute atomic E-state index is 11.2. The minimum atomic E-state index is -0.966. The highest BCUT2D eigenvalue weighted by atomic mass is 16.6. The zero-order valence-electron chi connectivity index (χ0n) is 11.5. The second-order valence-electron chi connectivity index (χ2n) is 4.70. The SMILES string of the molecule is COc1cc(CN2CCOCC2C(=O)O)cc([N+](=O)[O-])c1. The summed E-state index contributed by atoms with van der Waals surface area (Å²) in [7, 11) is 1.43. The molecular formula is C13H16N2O6. The van der Waals surface area contributed by atoms with Crippen molar-refractivity contribution in [1.29, 1.82) is 0 Å². The molecule has 8 heteroatoms. The minimum absolute atomic E-state index is 0.0792. The van der Waals surface area contributed by atoms with Gasteiger partial charge in [0.1, 0.15) is 11.8 Å². The van der Waals surface area contributed by atoms with Crippen molar-refractivity contribution < 1.29 is 24.3 Å². The lowest BCUT2D eigenvalue weighted by Crippen LogP contribution is -2.49.